The lowest BCUT2D eigenvalue weighted by atomic mass is 9.66. The van der Waals surface area contributed by atoms with Crippen molar-refractivity contribution in [2.45, 2.75) is 134 Å². The van der Waals surface area contributed by atoms with E-state index in [0.29, 0.717) is 17.9 Å². The third-order valence-electron chi connectivity index (χ3n) is 9.78. The summed E-state index contributed by atoms with van der Waals surface area (Å²) in [6.45, 7) is 2.91. The van der Waals surface area contributed by atoms with Crippen LogP contribution in [0.4, 0.5) is 0 Å². The summed E-state index contributed by atoms with van der Waals surface area (Å²) >= 11 is 0. The Morgan fingerprint density at radius 1 is 0.919 bits per heavy atom. The summed E-state index contributed by atoms with van der Waals surface area (Å²) in [5.41, 5.74) is 8.17. The summed E-state index contributed by atoms with van der Waals surface area (Å²) in [5.74, 6) is -0.0402. The van der Waals surface area contributed by atoms with Crippen LogP contribution in [-0.2, 0) is 10.2 Å². The molecule has 37 heavy (non-hydrogen) atoms. The van der Waals surface area contributed by atoms with Crippen LogP contribution in [0.25, 0.3) is 0 Å². The van der Waals surface area contributed by atoms with Crippen molar-refractivity contribution >= 4 is 5.97 Å². The van der Waals surface area contributed by atoms with Gasteiger partial charge >= 0.3 is 5.97 Å². The quantitative estimate of drug-likeness (QED) is 0.153. The highest BCUT2D eigenvalue weighted by Crippen LogP contribution is 2.60. The van der Waals surface area contributed by atoms with Crippen molar-refractivity contribution in [1.82, 2.24) is 0 Å². The third kappa shape index (κ3) is 9.27. The number of aliphatic carboxylic acids is 1. The van der Waals surface area contributed by atoms with Gasteiger partial charge in [-0.2, -0.15) is 0 Å². The molecule has 3 heteroatoms. The number of carbonyl (C=O) groups is 1. The molecule has 3 N–H and O–H groups in total. The number of nitrogens with two attached hydrogens (primary N) is 1. The smallest absolute Gasteiger partial charge is 0.303 e. The molecule has 2 aliphatic carbocycles. The highest BCUT2D eigenvalue weighted by atomic mass is 16.4. The highest BCUT2D eigenvalue weighted by molar-refractivity contribution is 5.67. The summed E-state index contributed by atoms with van der Waals surface area (Å²) in [6.07, 6.45) is 27.3. The van der Waals surface area contributed by atoms with Crippen LogP contribution in [0, 0.1) is 17.3 Å². The first-order valence-corrected chi connectivity index (χ1v) is 15.6. The van der Waals surface area contributed by atoms with E-state index in [1.54, 1.807) is 0 Å². The first kappa shape index (κ1) is 29.9. The Morgan fingerprint density at radius 3 is 2.27 bits per heavy atom. The van der Waals surface area contributed by atoms with E-state index < -0.39 is 5.97 Å². The number of unbranched alkanes of at least 4 members (excludes halogenated alkanes) is 6. The second kappa shape index (κ2) is 15.7. The summed E-state index contributed by atoms with van der Waals surface area (Å²) < 4.78 is 0. The van der Waals surface area contributed by atoms with Gasteiger partial charge in [-0.3, -0.25) is 4.79 Å². The van der Waals surface area contributed by atoms with E-state index in [2.05, 4.69) is 49.4 Å². The maximum Gasteiger partial charge on any atom is 0.303 e. The van der Waals surface area contributed by atoms with Crippen LogP contribution in [0.5, 0.6) is 0 Å². The average molecular weight is 510 g/mol. The van der Waals surface area contributed by atoms with Gasteiger partial charge in [0.15, 0.2) is 0 Å². The fourth-order valence-corrected chi connectivity index (χ4v) is 7.84. The van der Waals surface area contributed by atoms with Gasteiger partial charge in [-0.05, 0) is 105 Å². The van der Waals surface area contributed by atoms with E-state index in [4.69, 9.17) is 5.73 Å². The van der Waals surface area contributed by atoms with Gasteiger partial charge in [0.25, 0.3) is 0 Å². The van der Waals surface area contributed by atoms with Crippen LogP contribution >= 0.6 is 0 Å². The Morgan fingerprint density at radius 2 is 1.62 bits per heavy atom. The lowest BCUT2D eigenvalue weighted by molar-refractivity contribution is -0.138. The second-order valence-corrected chi connectivity index (χ2v) is 12.5. The van der Waals surface area contributed by atoms with Crippen LogP contribution in [0.3, 0.4) is 0 Å². The SMILES string of the molecule is CCCCCC/C=C\CCCC[C@H](CCN)[C@H](CC(=O)O)C[C@]1(c2ccccc2)CCC2(CCCC2)C1. The molecule has 1 aromatic rings. The molecule has 0 unspecified atom stereocenters. The standard InChI is InChI=1S/C34H55NO2/c1-2-3-4-5-6-7-8-9-10-12-17-29(20-25-35)30(26-32(36)37)27-34(31-18-13-11-14-19-31)24-23-33(28-34)21-15-16-22-33/h7-8,11,13-14,18-19,29-30H,2-6,9-10,12,15-17,20-28,35H2,1H3,(H,36,37)/b8-7-/t29-,30-,34-/m1/s1. The molecular formula is C34H55NO2. The zero-order valence-electron chi connectivity index (χ0n) is 23.8. The minimum absolute atomic E-state index is 0.124. The van der Waals surface area contributed by atoms with E-state index in [9.17, 15) is 9.90 Å². The molecule has 2 saturated carbocycles. The molecular weight excluding hydrogens is 454 g/mol. The van der Waals surface area contributed by atoms with Crippen molar-refractivity contribution in [1.29, 1.82) is 0 Å². The topological polar surface area (TPSA) is 63.3 Å². The maximum absolute atomic E-state index is 12.1. The molecule has 1 aromatic carbocycles. The first-order valence-electron chi connectivity index (χ1n) is 15.6. The molecule has 2 fully saturated rings. The molecule has 3 nitrogen and oxygen atoms in total. The zero-order valence-corrected chi connectivity index (χ0v) is 23.8. The number of hydrogen-bond donors (Lipinski definition) is 2. The van der Waals surface area contributed by atoms with Gasteiger partial charge in [0.2, 0.25) is 0 Å². The third-order valence-corrected chi connectivity index (χ3v) is 9.78. The van der Waals surface area contributed by atoms with Crippen LogP contribution in [-0.4, -0.2) is 17.6 Å². The van der Waals surface area contributed by atoms with Crippen molar-refractivity contribution in [3.63, 3.8) is 0 Å². The van der Waals surface area contributed by atoms with Gasteiger partial charge in [-0.25, -0.2) is 0 Å². The molecule has 3 atom stereocenters. The number of allylic oxidation sites excluding steroid dienone is 2. The van der Waals surface area contributed by atoms with E-state index in [0.717, 1.165) is 25.7 Å². The predicted molar refractivity (Wildman–Crippen MR) is 157 cm³/mol. The van der Waals surface area contributed by atoms with Crippen molar-refractivity contribution in [2.75, 3.05) is 6.54 Å². The van der Waals surface area contributed by atoms with Crippen molar-refractivity contribution in [3.05, 3.63) is 48.0 Å². The Bertz CT molecular complexity index is 797. The van der Waals surface area contributed by atoms with E-state index in [1.807, 2.05) is 0 Å². The molecule has 2 aliphatic rings. The lowest BCUT2D eigenvalue weighted by Gasteiger charge is -2.38. The van der Waals surface area contributed by atoms with E-state index in [1.165, 1.54) is 95.5 Å². The summed E-state index contributed by atoms with van der Waals surface area (Å²) in [7, 11) is 0. The monoisotopic (exact) mass is 509 g/mol. The Labute approximate surface area is 227 Å². The molecule has 1 spiro atoms. The summed E-state index contributed by atoms with van der Waals surface area (Å²) in [5, 5.41) is 9.94. The van der Waals surface area contributed by atoms with Crippen LogP contribution in [0.2, 0.25) is 0 Å². The lowest BCUT2D eigenvalue weighted by Crippen LogP contribution is -2.32. The highest BCUT2D eigenvalue weighted by Gasteiger charge is 2.50. The van der Waals surface area contributed by atoms with Crippen molar-refractivity contribution in [2.24, 2.45) is 23.0 Å². The Kier molecular flexibility index (Phi) is 12.7. The molecule has 0 aliphatic heterocycles. The summed E-state index contributed by atoms with van der Waals surface area (Å²) in [4.78, 5) is 12.1. The maximum atomic E-state index is 12.1. The van der Waals surface area contributed by atoms with Crippen LogP contribution in [0.1, 0.15) is 134 Å². The van der Waals surface area contributed by atoms with E-state index in [-0.39, 0.29) is 17.8 Å². The molecule has 208 valence electrons. The Hall–Kier alpha value is -1.61. The largest absolute Gasteiger partial charge is 0.481 e. The van der Waals surface area contributed by atoms with Crippen molar-refractivity contribution < 1.29 is 9.90 Å². The zero-order chi connectivity index (χ0) is 26.4. The first-order chi connectivity index (χ1) is 18.0. The second-order valence-electron chi connectivity index (χ2n) is 12.5. The Balaban J connectivity index is 1.64. The van der Waals surface area contributed by atoms with Gasteiger partial charge in [0.05, 0.1) is 0 Å². The van der Waals surface area contributed by atoms with Gasteiger partial charge in [0.1, 0.15) is 0 Å². The summed E-state index contributed by atoms with van der Waals surface area (Å²) in [6, 6.07) is 11.1. The molecule has 0 aromatic heterocycles. The fraction of sp³-hybridized carbons (Fsp3) is 0.735. The minimum Gasteiger partial charge on any atom is -0.481 e. The van der Waals surface area contributed by atoms with Gasteiger partial charge in [-0.1, -0.05) is 94.4 Å². The van der Waals surface area contributed by atoms with Crippen molar-refractivity contribution in [3.8, 4) is 0 Å². The molecule has 0 radical (unpaired) electrons. The molecule has 0 saturated heterocycles. The van der Waals surface area contributed by atoms with Crippen LogP contribution in [0.15, 0.2) is 42.5 Å². The number of carboxylic acid groups (broad SMARTS) is 1. The van der Waals surface area contributed by atoms with Gasteiger partial charge < -0.3 is 10.8 Å². The number of rotatable bonds is 18. The fourth-order valence-electron chi connectivity index (χ4n) is 7.84. The molecule has 0 bridgehead atoms. The molecule has 0 heterocycles. The average Bonchev–Trinajstić information content (AvgIpc) is 3.51. The number of benzene rings is 1. The van der Waals surface area contributed by atoms with Crippen LogP contribution < -0.4 is 5.73 Å². The minimum atomic E-state index is -0.644. The van der Waals surface area contributed by atoms with Gasteiger partial charge in [-0.15, -0.1) is 0 Å². The van der Waals surface area contributed by atoms with E-state index >= 15 is 0 Å². The predicted octanol–water partition coefficient (Wildman–Crippen LogP) is 9.20. The normalized spacial score (nSPS) is 22.6. The molecule has 3 rings (SSSR count). The van der Waals surface area contributed by atoms with Gasteiger partial charge in [0, 0.05) is 6.42 Å². The molecule has 0 amide bonds. The number of carboxylic acids is 1. The number of hydrogen-bond acceptors (Lipinski definition) is 2.